The van der Waals surface area contributed by atoms with E-state index in [-0.39, 0.29) is 0 Å². The summed E-state index contributed by atoms with van der Waals surface area (Å²) >= 11 is 12.2. The molecule has 0 aliphatic carbocycles. The molecule has 0 radical (unpaired) electrons. The second-order valence-electron chi connectivity index (χ2n) is 4.09. The van der Waals surface area contributed by atoms with Gasteiger partial charge < -0.3 is 0 Å². The lowest BCUT2D eigenvalue weighted by atomic mass is 10.1. The van der Waals surface area contributed by atoms with Crippen molar-refractivity contribution in [1.82, 2.24) is 14.8 Å². The summed E-state index contributed by atoms with van der Waals surface area (Å²) in [5, 5.41) is 5.74. The fourth-order valence-corrected chi connectivity index (χ4v) is 1.95. The minimum atomic E-state index is 0.583. The van der Waals surface area contributed by atoms with Gasteiger partial charge in [-0.25, -0.2) is 0 Å². The highest BCUT2D eigenvalue weighted by molar-refractivity contribution is 6.32. The van der Waals surface area contributed by atoms with Crippen molar-refractivity contribution in [3.63, 3.8) is 0 Å². The first-order valence-corrected chi connectivity index (χ1v) is 6.04. The molecule has 0 unspecified atom stereocenters. The molecule has 0 bridgehead atoms. The Morgan fingerprint density at radius 2 is 1.94 bits per heavy atom. The highest BCUT2D eigenvalue weighted by Crippen LogP contribution is 2.22. The van der Waals surface area contributed by atoms with Crippen LogP contribution in [0.15, 0.2) is 12.4 Å². The van der Waals surface area contributed by atoms with Gasteiger partial charge in [0.05, 0.1) is 23.0 Å². The Morgan fingerprint density at radius 1 is 1.24 bits per heavy atom. The van der Waals surface area contributed by atoms with E-state index in [9.17, 15) is 0 Å². The summed E-state index contributed by atoms with van der Waals surface area (Å²) in [5.74, 6) is 0. The molecule has 0 aliphatic heterocycles. The lowest BCUT2D eigenvalue weighted by Gasteiger charge is -2.08. The number of aromatic nitrogens is 3. The maximum atomic E-state index is 6.19. The highest BCUT2D eigenvalue weighted by atomic mass is 35.5. The van der Waals surface area contributed by atoms with E-state index in [1.807, 2.05) is 20.8 Å². The number of pyridine rings is 1. The Morgan fingerprint density at radius 3 is 2.53 bits per heavy atom. The van der Waals surface area contributed by atoms with Gasteiger partial charge in [0.2, 0.25) is 0 Å². The molecule has 2 aromatic heterocycles. The lowest BCUT2D eigenvalue weighted by molar-refractivity contribution is 0.662. The van der Waals surface area contributed by atoms with Crippen LogP contribution in [-0.4, -0.2) is 14.8 Å². The molecule has 3 nitrogen and oxygen atoms in total. The van der Waals surface area contributed by atoms with Gasteiger partial charge in [-0.05, 0) is 31.9 Å². The first-order chi connectivity index (χ1) is 7.99. The van der Waals surface area contributed by atoms with Crippen LogP contribution in [0, 0.1) is 20.8 Å². The molecule has 2 rings (SSSR count). The molecule has 0 aromatic carbocycles. The molecule has 0 saturated carbocycles. The van der Waals surface area contributed by atoms with Crippen LogP contribution in [0.1, 0.15) is 22.5 Å². The Kier molecular flexibility index (Phi) is 3.40. The van der Waals surface area contributed by atoms with Crippen molar-refractivity contribution in [2.24, 2.45) is 0 Å². The molecule has 5 heteroatoms. The summed E-state index contributed by atoms with van der Waals surface area (Å²) < 4.78 is 1.78. The molecular weight excluding hydrogens is 257 g/mol. The van der Waals surface area contributed by atoms with E-state index in [2.05, 4.69) is 10.1 Å². The standard InChI is InChI=1S/C12H13Cl2N3/c1-7-4-15-11(8(2)12(7)14)6-17-5-10(13)9(3)16-17/h4-5H,6H2,1-3H3. The monoisotopic (exact) mass is 269 g/mol. The zero-order chi connectivity index (χ0) is 12.6. The minimum absolute atomic E-state index is 0.583. The topological polar surface area (TPSA) is 30.7 Å². The second kappa shape index (κ2) is 4.67. The van der Waals surface area contributed by atoms with E-state index in [0.29, 0.717) is 11.6 Å². The van der Waals surface area contributed by atoms with Crippen LogP contribution in [0.3, 0.4) is 0 Å². The Bertz CT molecular complexity index is 542. The first-order valence-electron chi connectivity index (χ1n) is 5.29. The SMILES string of the molecule is Cc1cnc(Cn2cc(Cl)c(C)n2)c(C)c1Cl. The third-order valence-electron chi connectivity index (χ3n) is 2.72. The molecule has 0 atom stereocenters. The van der Waals surface area contributed by atoms with Crippen molar-refractivity contribution in [1.29, 1.82) is 0 Å². The van der Waals surface area contributed by atoms with E-state index < -0.39 is 0 Å². The number of hydrogen-bond donors (Lipinski definition) is 0. The predicted molar refractivity (Wildman–Crippen MR) is 69.8 cm³/mol. The summed E-state index contributed by atoms with van der Waals surface area (Å²) in [6.45, 7) is 6.37. The number of nitrogens with zero attached hydrogens (tertiary/aromatic N) is 3. The summed E-state index contributed by atoms with van der Waals surface area (Å²) in [4.78, 5) is 4.38. The number of halogens is 2. The molecule has 90 valence electrons. The van der Waals surface area contributed by atoms with Crippen LogP contribution < -0.4 is 0 Å². The third-order valence-corrected chi connectivity index (χ3v) is 3.67. The molecule has 2 heterocycles. The summed E-state index contributed by atoms with van der Waals surface area (Å²) in [6.07, 6.45) is 3.58. The molecule has 2 aromatic rings. The first kappa shape index (κ1) is 12.4. The van der Waals surface area contributed by atoms with Crippen LogP contribution in [0.25, 0.3) is 0 Å². The maximum absolute atomic E-state index is 6.19. The van der Waals surface area contributed by atoms with Crippen LogP contribution in [0.4, 0.5) is 0 Å². The molecule has 0 aliphatic rings. The smallest absolute Gasteiger partial charge is 0.0835 e. The number of aryl methyl sites for hydroxylation is 2. The predicted octanol–water partition coefficient (Wildman–Crippen LogP) is 3.56. The lowest BCUT2D eigenvalue weighted by Crippen LogP contribution is -2.05. The Labute approximate surface area is 110 Å². The van der Waals surface area contributed by atoms with Crippen LogP contribution >= 0.6 is 23.2 Å². The van der Waals surface area contributed by atoms with Crippen molar-refractivity contribution >= 4 is 23.2 Å². The van der Waals surface area contributed by atoms with Gasteiger partial charge in [-0.15, -0.1) is 0 Å². The van der Waals surface area contributed by atoms with E-state index in [4.69, 9.17) is 23.2 Å². The Hall–Kier alpha value is -1.06. The van der Waals surface area contributed by atoms with Crippen molar-refractivity contribution < 1.29 is 0 Å². The van der Waals surface area contributed by atoms with Gasteiger partial charge in [0.25, 0.3) is 0 Å². The van der Waals surface area contributed by atoms with Gasteiger partial charge in [0.1, 0.15) is 0 Å². The van der Waals surface area contributed by atoms with Crippen LogP contribution in [-0.2, 0) is 6.54 Å². The van der Waals surface area contributed by atoms with E-state index in [1.165, 1.54) is 0 Å². The fraction of sp³-hybridized carbons (Fsp3) is 0.333. The molecule has 17 heavy (non-hydrogen) atoms. The van der Waals surface area contributed by atoms with Crippen LogP contribution in [0.2, 0.25) is 10.0 Å². The number of hydrogen-bond acceptors (Lipinski definition) is 2. The van der Waals surface area contributed by atoms with Crippen molar-refractivity contribution in [3.05, 3.63) is 45.0 Å². The summed E-state index contributed by atoms with van der Waals surface area (Å²) in [6, 6.07) is 0. The molecule has 0 N–H and O–H groups in total. The quantitative estimate of drug-likeness (QED) is 0.835. The summed E-state index contributed by atoms with van der Waals surface area (Å²) in [5.41, 5.74) is 3.72. The molecule has 0 amide bonds. The summed E-state index contributed by atoms with van der Waals surface area (Å²) in [7, 11) is 0. The van der Waals surface area contributed by atoms with Gasteiger partial charge in [0, 0.05) is 17.4 Å². The van der Waals surface area contributed by atoms with Gasteiger partial charge in [-0.2, -0.15) is 5.10 Å². The minimum Gasteiger partial charge on any atom is -0.265 e. The number of rotatable bonds is 2. The molecule has 0 spiro atoms. The Balaban J connectivity index is 2.33. The van der Waals surface area contributed by atoms with E-state index >= 15 is 0 Å². The van der Waals surface area contributed by atoms with E-state index in [0.717, 1.165) is 27.5 Å². The van der Waals surface area contributed by atoms with Gasteiger partial charge in [0.15, 0.2) is 0 Å². The van der Waals surface area contributed by atoms with E-state index in [1.54, 1.807) is 17.1 Å². The van der Waals surface area contributed by atoms with Gasteiger partial charge in [-0.3, -0.25) is 9.67 Å². The zero-order valence-electron chi connectivity index (χ0n) is 9.96. The largest absolute Gasteiger partial charge is 0.265 e. The average molecular weight is 270 g/mol. The zero-order valence-corrected chi connectivity index (χ0v) is 11.5. The molecule has 0 fully saturated rings. The van der Waals surface area contributed by atoms with Crippen LogP contribution in [0.5, 0.6) is 0 Å². The average Bonchev–Trinajstić information content (AvgIpc) is 2.59. The van der Waals surface area contributed by atoms with Crippen molar-refractivity contribution in [2.75, 3.05) is 0 Å². The molecular formula is C12H13Cl2N3. The highest BCUT2D eigenvalue weighted by Gasteiger charge is 2.09. The van der Waals surface area contributed by atoms with Gasteiger partial charge in [-0.1, -0.05) is 23.2 Å². The van der Waals surface area contributed by atoms with Crippen molar-refractivity contribution in [2.45, 2.75) is 27.3 Å². The normalized spacial score (nSPS) is 10.9. The maximum Gasteiger partial charge on any atom is 0.0835 e. The fourth-order valence-electron chi connectivity index (χ4n) is 1.64. The van der Waals surface area contributed by atoms with Gasteiger partial charge >= 0.3 is 0 Å². The van der Waals surface area contributed by atoms with Crippen molar-refractivity contribution in [3.8, 4) is 0 Å². The third kappa shape index (κ3) is 2.45. The second-order valence-corrected chi connectivity index (χ2v) is 4.87. The molecule has 0 saturated heterocycles.